The Labute approximate surface area is 90.3 Å². The molecule has 0 fully saturated rings. The highest BCUT2D eigenvalue weighted by atomic mass is 16.5. The first-order valence-electron chi connectivity index (χ1n) is 5.02. The summed E-state index contributed by atoms with van der Waals surface area (Å²) in [4.78, 5) is 10.7. The molecule has 0 aromatic carbocycles. The third-order valence-corrected chi connectivity index (χ3v) is 2.77. The molecule has 0 radical (unpaired) electrons. The van der Waals surface area contributed by atoms with E-state index >= 15 is 0 Å². The number of carboxylic acids is 1. The van der Waals surface area contributed by atoms with E-state index in [0.717, 1.165) is 30.5 Å². The average molecular weight is 219 g/mol. The SMILES string of the molecule is O=C(O)c1cc(-c2n[nH]c3c2CCC3)no1. The summed E-state index contributed by atoms with van der Waals surface area (Å²) in [5.74, 6) is -1.28. The topological polar surface area (TPSA) is 92.0 Å². The van der Waals surface area contributed by atoms with Gasteiger partial charge < -0.3 is 9.63 Å². The fourth-order valence-electron chi connectivity index (χ4n) is 2.02. The molecule has 0 saturated carbocycles. The van der Waals surface area contributed by atoms with Gasteiger partial charge in [0, 0.05) is 17.3 Å². The Morgan fingerprint density at radius 3 is 3.12 bits per heavy atom. The summed E-state index contributed by atoms with van der Waals surface area (Å²) in [6.45, 7) is 0. The first kappa shape index (κ1) is 9.14. The molecule has 82 valence electrons. The van der Waals surface area contributed by atoms with Gasteiger partial charge in [0.25, 0.3) is 0 Å². The fourth-order valence-corrected chi connectivity index (χ4v) is 2.02. The Morgan fingerprint density at radius 1 is 1.50 bits per heavy atom. The quantitative estimate of drug-likeness (QED) is 0.793. The highest BCUT2D eigenvalue weighted by molar-refractivity contribution is 5.85. The van der Waals surface area contributed by atoms with Crippen LogP contribution in [0.5, 0.6) is 0 Å². The zero-order valence-electron chi connectivity index (χ0n) is 8.36. The minimum absolute atomic E-state index is 0.162. The summed E-state index contributed by atoms with van der Waals surface area (Å²) in [5.41, 5.74) is 3.45. The Bertz CT molecular complexity index is 555. The van der Waals surface area contributed by atoms with Crippen molar-refractivity contribution in [2.45, 2.75) is 19.3 Å². The number of nitrogens with one attached hydrogen (secondary N) is 1. The van der Waals surface area contributed by atoms with Crippen LogP contribution in [0.4, 0.5) is 0 Å². The first-order chi connectivity index (χ1) is 7.75. The second-order valence-corrected chi connectivity index (χ2v) is 3.76. The molecular weight excluding hydrogens is 210 g/mol. The zero-order chi connectivity index (χ0) is 11.1. The van der Waals surface area contributed by atoms with Crippen LogP contribution in [0.25, 0.3) is 11.4 Å². The largest absolute Gasteiger partial charge is 0.475 e. The van der Waals surface area contributed by atoms with Crippen molar-refractivity contribution in [2.24, 2.45) is 0 Å². The van der Waals surface area contributed by atoms with E-state index in [1.807, 2.05) is 0 Å². The molecule has 6 nitrogen and oxygen atoms in total. The van der Waals surface area contributed by atoms with Crippen LogP contribution in [0.15, 0.2) is 10.6 Å². The lowest BCUT2D eigenvalue weighted by Crippen LogP contribution is -1.91. The Hall–Kier alpha value is -2.11. The average Bonchev–Trinajstić information content (AvgIpc) is 2.92. The molecule has 2 N–H and O–H groups in total. The van der Waals surface area contributed by atoms with Gasteiger partial charge in [0.1, 0.15) is 11.4 Å². The van der Waals surface area contributed by atoms with E-state index in [1.54, 1.807) is 0 Å². The number of H-pyrrole nitrogens is 1. The van der Waals surface area contributed by atoms with Crippen molar-refractivity contribution < 1.29 is 14.4 Å². The Kier molecular flexibility index (Phi) is 1.82. The van der Waals surface area contributed by atoms with Crippen molar-refractivity contribution >= 4 is 5.97 Å². The van der Waals surface area contributed by atoms with Gasteiger partial charge in [-0.05, 0) is 19.3 Å². The molecule has 0 bridgehead atoms. The van der Waals surface area contributed by atoms with Gasteiger partial charge in [0.15, 0.2) is 0 Å². The van der Waals surface area contributed by atoms with E-state index < -0.39 is 5.97 Å². The number of hydrogen-bond donors (Lipinski definition) is 2. The van der Waals surface area contributed by atoms with E-state index in [1.165, 1.54) is 6.07 Å². The summed E-state index contributed by atoms with van der Waals surface area (Å²) < 4.78 is 4.71. The Balaban J connectivity index is 2.05. The van der Waals surface area contributed by atoms with Crippen LogP contribution in [0, 0.1) is 0 Å². The van der Waals surface area contributed by atoms with Crippen LogP contribution in [-0.4, -0.2) is 26.4 Å². The maximum Gasteiger partial charge on any atom is 0.374 e. The van der Waals surface area contributed by atoms with E-state index in [9.17, 15) is 4.79 Å². The lowest BCUT2D eigenvalue weighted by Gasteiger charge is -1.91. The third-order valence-electron chi connectivity index (χ3n) is 2.77. The molecule has 16 heavy (non-hydrogen) atoms. The van der Waals surface area contributed by atoms with Gasteiger partial charge in [-0.3, -0.25) is 5.10 Å². The number of aromatic amines is 1. The maximum atomic E-state index is 10.7. The molecule has 2 aromatic rings. The number of aromatic nitrogens is 3. The number of nitrogens with zero attached hydrogens (tertiary/aromatic N) is 2. The number of fused-ring (bicyclic) bond motifs is 1. The van der Waals surface area contributed by atoms with Gasteiger partial charge in [-0.2, -0.15) is 5.10 Å². The van der Waals surface area contributed by atoms with Crippen molar-refractivity contribution in [3.8, 4) is 11.4 Å². The second-order valence-electron chi connectivity index (χ2n) is 3.76. The molecule has 0 spiro atoms. The first-order valence-corrected chi connectivity index (χ1v) is 5.02. The number of aryl methyl sites for hydroxylation is 1. The zero-order valence-corrected chi connectivity index (χ0v) is 8.36. The van der Waals surface area contributed by atoms with E-state index in [-0.39, 0.29) is 5.76 Å². The predicted molar refractivity (Wildman–Crippen MR) is 53.1 cm³/mol. The number of carboxylic acid groups (broad SMARTS) is 1. The fraction of sp³-hybridized carbons (Fsp3) is 0.300. The van der Waals surface area contributed by atoms with Gasteiger partial charge in [-0.15, -0.1) is 0 Å². The summed E-state index contributed by atoms with van der Waals surface area (Å²) in [5, 5.41) is 19.5. The second kappa shape index (κ2) is 3.19. The standard InChI is InChI=1S/C10H9N3O3/c14-10(15)8-4-7(13-16-8)9-5-2-1-3-6(5)11-12-9/h4H,1-3H2,(H,11,12)(H,14,15). The molecule has 0 aliphatic heterocycles. The lowest BCUT2D eigenvalue weighted by atomic mass is 10.1. The van der Waals surface area contributed by atoms with Gasteiger partial charge in [-0.25, -0.2) is 4.79 Å². The normalized spacial score (nSPS) is 14.0. The summed E-state index contributed by atoms with van der Waals surface area (Å²) >= 11 is 0. The van der Waals surface area contributed by atoms with Crippen LogP contribution < -0.4 is 0 Å². The molecule has 0 unspecified atom stereocenters. The Morgan fingerprint density at radius 2 is 2.38 bits per heavy atom. The van der Waals surface area contributed by atoms with Gasteiger partial charge in [0.05, 0.1) is 0 Å². The number of aromatic carboxylic acids is 1. The molecule has 2 heterocycles. The highest BCUT2D eigenvalue weighted by Gasteiger charge is 2.22. The number of carbonyl (C=O) groups is 1. The van der Waals surface area contributed by atoms with Crippen LogP contribution in [0.2, 0.25) is 0 Å². The lowest BCUT2D eigenvalue weighted by molar-refractivity contribution is 0.0652. The maximum absolute atomic E-state index is 10.7. The van der Waals surface area contributed by atoms with Crippen molar-refractivity contribution in [3.63, 3.8) is 0 Å². The van der Waals surface area contributed by atoms with Gasteiger partial charge in [0.2, 0.25) is 5.76 Å². The molecule has 0 amide bonds. The molecule has 0 atom stereocenters. The van der Waals surface area contributed by atoms with Crippen molar-refractivity contribution in [1.82, 2.24) is 15.4 Å². The summed E-state index contributed by atoms with van der Waals surface area (Å²) in [6.07, 6.45) is 3.04. The van der Waals surface area contributed by atoms with Crippen molar-refractivity contribution in [2.75, 3.05) is 0 Å². The van der Waals surface area contributed by atoms with Crippen LogP contribution in [-0.2, 0) is 12.8 Å². The third kappa shape index (κ3) is 1.23. The molecule has 1 aliphatic rings. The van der Waals surface area contributed by atoms with Crippen molar-refractivity contribution in [1.29, 1.82) is 0 Å². The molecule has 2 aromatic heterocycles. The van der Waals surface area contributed by atoms with Crippen LogP contribution in [0.1, 0.15) is 28.2 Å². The van der Waals surface area contributed by atoms with Crippen LogP contribution >= 0.6 is 0 Å². The van der Waals surface area contributed by atoms with Gasteiger partial charge >= 0.3 is 5.97 Å². The minimum atomic E-state index is -1.12. The monoisotopic (exact) mass is 219 g/mol. The molecule has 1 aliphatic carbocycles. The van der Waals surface area contributed by atoms with Gasteiger partial charge in [-0.1, -0.05) is 5.16 Å². The predicted octanol–water partition coefficient (Wildman–Crippen LogP) is 1.25. The molecule has 3 rings (SSSR count). The number of hydrogen-bond acceptors (Lipinski definition) is 4. The van der Waals surface area contributed by atoms with E-state index in [2.05, 4.69) is 15.4 Å². The number of rotatable bonds is 2. The van der Waals surface area contributed by atoms with E-state index in [4.69, 9.17) is 9.63 Å². The summed E-state index contributed by atoms with van der Waals surface area (Å²) in [7, 11) is 0. The summed E-state index contributed by atoms with van der Waals surface area (Å²) in [6, 6.07) is 1.40. The highest BCUT2D eigenvalue weighted by Crippen LogP contribution is 2.29. The van der Waals surface area contributed by atoms with Crippen LogP contribution in [0.3, 0.4) is 0 Å². The molecular formula is C10H9N3O3. The molecule has 6 heteroatoms. The smallest absolute Gasteiger partial charge is 0.374 e. The van der Waals surface area contributed by atoms with E-state index in [0.29, 0.717) is 11.4 Å². The molecule has 0 saturated heterocycles. The van der Waals surface area contributed by atoms with Crippen molar-refractivity contribution in [3.05, 3.63) is 23.1 Å². The minimum Gasteiger partial charge on any atom is -0.475 e.